The second-order valence-electron chi connectivity index (χ2n) is 5.93. The largest absolute Gasteiger partial charge is 0.380 e. The number of para-hydroxylation sites is 1. The molecule has 1 aliphatic rings. The number of hydrogen-bond donors (Lipinski definition) is 1. The maximum absolute atomic E-state index is 3.62. The summed E-state index contributed by atoms with van der Waals surface area (Å²) in [5, 5.41) is 3.62. The van der Waals surface area contributed by atoms with Gasteiger partial charge in [0.15, 0.2) is 0 Å². The molecule has 2 nitrogen and oxygen atoms in total. The molecular formula is C18H22N2. The van der Waals surface area contributed by atoms with Crippen molar-refractivity contribution >= 4 is 11.4 Å². The lowest BCUT2D eigenvalue weighted by atomic mass is 10.1. The van der Waals surface area contributed by atoms with Crippen LogP contribution in [0.25, 0.3) is 0 Å². The minimum atomic E-state index is 0.498. The lowest BCUT2D eigenvalue weighted by Gasteiger charge is -2.24. The Balaban J connectivity index is 1.70. The number of hydrogen-bond acceptors (Lipinski definition) is 2. The van der Waals surface area contributed by atoms with Gasteiger partial charge in [-0.15, -0.1) is 0 Å². The predicted octanol–water partition coefficient (Wildman–Crippen LogP) is 3.78. The van der Waals surface area contributed by atoms with Crippen molar-refractivity contribution in [2.24, 2.45) is 0 Å². The van der Waals surface area contributed by atoms with Crippen LogP contribution in [0, 0.1) is 13.8 Å². The van der Waals surface area contributed by atoms with Crippen LogP contribution in [0.2, 0.25) is 0 Å². The average Bonchev–Trinajstić information content (AvgIpc) is 2.79. The summed E-state index contributed by atoms with van der Waals surface area (Å²) in [7, 11) is 2.18. The molecule has 2 aromatic rings. The fourth-order valence-corrected chi connectivity index (χ4v) is 3.09. The monoisotopic (exact) mass is 266 g/mol. The molecular weight excluding hydrogens is 244 g/mol. The van der Waals surface area contributed by atoms with Crippen LogP contribution >= 0.6 is 0 Å². The van der Waals surface area contributed by atoms with Gasteiger partial charge in [0.1, 0.15) is 0 Å². The molecule has 0 fully saturated rings. The topological polar surface area (TPSA) is 15.3 Å². The van der Waals surface area contributed by atoms with Crippen molar-refractivity contribution in [2.45, 2.75) is 26.3 Å². The van der Waals surface area contributed by atoms with E-state index in [1.54, 1.807) is 0 Å². The molecule has 0 spiro atoms. The Hall–Kier alpha value is -1.96. The van der Waals surface area contributed by atoms with Gasteiger partial charge in [0.25, 0.3) is 0 Å². The van der Waals surface area contributed by atoms with Gasteiger partial charge in [-0.1, -0.05) is 24.3 Å². The van der Waals surface area contributed by atoms with E-state index in [0.29, 0.717) is 6.04 Å². The van der Waals surface area contributed by atoms with Crippen molar-refractivity contribution in [1.29, 1.82) is 0 Å². The first-order valence-corrected chi connectivity index (χ1v) is 7.26. The minimum absolute atomic E-state index is 0.498. The molecule has 0 aliphatic carbocycles. The Morgan fingerprint density at radius 3 is 2.50 bits per heavy atom. The van der Waals surface area contributed by atoms with Gasteiger partial charge in [0, 0.05) is 31.0 Å². The molecule has 1 heterocycles. The maximum Gasteiger partial charge on any atom is 0.0477 e. The van der Waals surface area contributed by atoms with Gasteiger partial charge in [-0.3, -0.25) is 0 Å². The molecule has 1 N–H and O–H groups in total. The van der Waals surface area contributed by atoms with E-state index in [0.717, 1.165) is 13.0 Å². The third-order valence-electron chi connectivity index (χ3n) is 3.98. The average molecular weight is 266 g/mol. The zero-order chi connectivity index (χ0) is 14.1. The maximum atomic E-state index is 3.62. The van der Waals surface area contributed by atoms with Crippen LogP contribution in [0.15, 0.2) is 42.5 Å². The molecule has 0 aromatic heterocycles. The Bertz CT molecular complexity index is 573. The van der Waals surface area contributed by atoms with E-state index >= 15 is 0 Å². The molecule has 1 aliphatic heterocycles. The summed E-state index contributed by atoms with van der Waals surface area (Å²) in [6.45, 7) is 5.35. The molecule has 2 aromatic carbocycles. The molecule has 3 rings (SSSR count). The van der Waals surface area contributed by atoms with Crippen LogP contribution in [-0.4, -0.2) is 19.6 Å². The van der Waals surface area contributed by atoms with E-state index < -0.39 is 0 Å². The van der Waals surface area contributed by atoms with Crippen LogP contribution in [0.5, 0.6) is 0 Å². The van der Waals surface area contributed by atoms with Crippen LogP contribution in [0.3, 0.4) is 0 Å². The summed E-state index contributed by atoms with van der Waals surface area (Å²) in [6.07, 6.45) is 1.12. The van der Waals surface area contributed by atoms with E-state index in [-0.39, 0.29) is 0 Å². The van der Waals surface area contributed by atoms with Crippen LogP contribution in [0.1, 0.15) is 16.7 Å². The Labute approximate surface area is 121 Å². The first-order valence-electron chi connectivity index (χ1n) is 7.26. The molecule has 1 atom stereocenters. The van der Waals surface area contributed by atoms with E-state index in [1.165, 1.54) is 28.1 Å². The normalized spacial score (nSPS) is 16.6. The van der Waals surface area contributed by atoms with Gasteiger partial charge in [-0.2, -0.15) is 0 Å². The summed E-state index contributed by atoms with van der Waals surface area (Å²) in [5.41, 5.74) is 6.70. The van der Waals surface area contributed by atoms with Crippen molar-refractivity contribution in [3.63, 3.8) is 0 Å². The van der Waals surface area contributed by atoms with Crippen molar-refractivity contribution in [1.82, 2.24) is 0 Å². The number of likely N-dealkylation sites (N-methyl/N-ethyl adjacent to an activating group) is 1. The van der Waals surface area contributed by atoms with E-state index in [1.807, 2.05) is 0 Å². The van der Waals surface area contributed by atoms with Gasteiger partial charge >= 0.3 is 0 Å². The minimum Gasteiger partial charge on any atom is -0.380 e. The Morgan fingerprint density at radius 1 is 1.10 bits per heavy atom. The summed E-state index contributed by atoms with van der Waals surface area (Å²) < 4.78 is 0. The fraction of sp³-hybridized carbons (Fsp3) is 0.333. The summed E-state index contributed by atoms with van der Waals surface area (Å²) in [6, 6.07) is 15.9. The summed E-state index contributed by atoms with van der Waals surface area (Å²) in [4.78, 5) is 2.35. The molecule has 2 heteroatoms. The highest BCUT2D eigenvalue weighted by molar-refractivity contribution is 5.58. The Morgan fingerprint density at radius 2 is 1.80 bits per heavy atom. The number of fused-ring (bicyclic) bond motifs is 1. The van der Waals surface area contributed by atoms with Gasteiger partial charge in [-0.25, -0.2) is 0 Å². The SMILES string of the molecule is Cc1cc(C)cc(N(C)CC2Cc3ccccc3N2)c1. The highest BCUT2D eigenvalue weighted by atomic mass is 15.1. The third kappa shape index (κ3) is 2.64. The first kappa shape index (κ1) is 13.0. The quantitative estimate of drug-likeness (QED) is 0.909. The fourth-order valence-electron chi connectivity index (χ4n) is 3.09. The van der Waals surface area contributed by atoms with Gasteiger partial charge in [0.05, 0.1) is 0 Å². The smallest absolute Gasteiger partial charge is 0.0477 e. The molecule has 0 bridgehead atoms. The Kier molecular flexibility index (Phi) is 3.39. The number of rotatable bonds is 3. The molecule has 1 unspecified atom stereocenters. The number of nitrogens with zero attached hydrogens (tertiary/aromatic N) is 1. The van der Waals surface area contributed by atoms with Gasteiger partial charge < -0.3 is 10.2 Å². The van der Waals surface area contributed by atoms with Crippen molar-refractivity contribution in [2.75, 3.05) is 23.8 Å². The van der Waals surface area contributed by atoms with Crippen LogP contribution in [-0.2, 0) is 6.42 Å². The van der Waals surface area contributed by atoms with E-state index in [2.05, 4.69) is 73.6 Å². The molecule has 104 valence electrons. The third-order valence-corrected chi connectivity index (χ3v) is 3.98. The van der Waals surface area contributed by atoms with Crippen LogP contribution < -0.4 is 10.2 Å². The molecule has 0 radical (unpaired) electrons. The highest BCUT2D eigenvalue weighted by Crippen LogP contribution is 2.26. The summed E-state index contributed by atoms with van der Waals surface area (Å²) >= 11 is 0. The number of nitrogens with one attached hydrogen (secondary N) is 1. The highest BCUT2D eigenvalue weighted by Gasteiger charge is 2.21. The van der Waals surface area contributed by atoms with Crippen LogP contribution in [0.4, 0.5) is 11.4 Å². The number of aryl methyl sites for hydroxylation is 2. The lowest BCUT2D eigenvalue weighted by Crippen LogP contribution is -2.33. The van der Waals surface area contributed by atoms with Crippen molar-refractivity contribution in [3.05, 3.63) is 59.2 Å². The molecule has 0 saturated carbocycles. The van der Waals surface area contributed by atoms with Crippen molar-refractivity contribution in [3.8, 4) is 0 Å². The zero-order valence-electron chi connectivity index (χ0n) is 12.5. The zero-order valence-corrected chi connectivity index (χ0v) is 12.5. The van der Waals surface area contributed by atoms with E-state index in [4.69, 9.17) is 0 Å². The molecule has 20 heavy (non-hydrogen) atoms. The first-order chi connectivity index (χ1) is 9.61. The van der Waals surface area contributed by atoms with E-state index in [9.17, 15) is 0 Å². The van der Waals surface area contributed by atoms with Gasteiger partial charge in [-0.05, 0) is 55.2 Å². The predicted molar refractivity (Wildman–Crippen MR) is 86.7 cm³/mol. The van der Waals surface area contributed by atoms with Crippen molar-refractivity contribution < 1.29 is 0 Å². The standard InChI is InChI=1S/C18H22N2/c1-13-8-14(2)10-17(9-13)20(3)12-16-11-15-6-4-5-7-18(15)19-16/h4-10,16,19H,11-12H2,1-3H3. The molecule has 0 amide bonds. The number of anilines is 2. The summed E-state index contributed by atoms with van der Waals surface area (Å²) in [5.74, 6) is 0. The second kappa shape index (κ2) is 5.20. The van der Waals surface area contributed by atoms with Gasteiger partial charge in [0.2, 0.25) is 0 Å². The lowest BCUT2D eigenvalue weighted by molar-refractivity contribution is 0.725. The second-order valence-corrected chi connectivity index (χ2v) is 5.93. The molecule has 0 saturated heterocycles. The number of benzene rings is 2.